The smallest absolute Gasteiger partial charge is 0.255 e. The Morgan fingerprint density at radius 3 is 2.40 bits per heavy atom. The van der Waals surface area contributed by atoms with Gasteiger partial charge in [0.05, 0.1) is 24.3 Å². The fourth-order valence-electron chi connectivity index (χ4n) is 3.32. The summed E-state index contributed by atoms with van der Waals surface area (Å²) < 4.78 is 5.54. The number of primary amides is 1. The molecule has 0 aromatic heterocycles. The standard InChI is InChI=1S/C22H24ClN3O4/c23-16-5-7-17(8-6-16)30-14-11-20(27)25-19-4-2-1-3-18(19)22(29)26-12-9-15(10-13-26)21(24)28/h1-8,15H,9-14H2,(H2,24,28)(H,25,27). The molecule has 1 heterocycles. The van der Waals surface area contributed by atoms with E-state index in [1.807, 2.05) is 0 Å². The number of anilines is 1. The summed E-state index contributed by atoms with van der Waals surface area (Å²) in [6.07, 6.45) is 1.24. The maximum atomic E-state index is 12.9. The molecule has 0 spiro atoms. The Bertz CT molecular complexity index is 909. The third kappa shape index (κ3) is 5.73. The largest absolute Gasteiger partial charge is 0.493 e. The predicted molar refractivity (Wildman–Crippen MR) is 114 cm³/mol. The lowest BCUT2D eigenvalue weighted by Crippen LogP contribution is -2.42. The van der Waals surface area contributed by atoms with Crippen LogP contribution >= 0.6 is 11.6 Å². The van der Waals surface area contributed by atoms with Crippen LogP contribution in [-0.2, 0) is 9.59 Å². The molecule has 0 aliphatic carbocycles. The number of ether oxygens (including phenoxy) is 1. The van der Waals surface area contributed by atoms with Gasteiger partial charge in [-0.3, -0.25) is 14.4 Å². The first-order valence-corrected chi connectivity index (χ1v) is 10.2. The summed E-state index contributed by atoms with van der Waals surface area (Å²) in [5.74, 6) is -0.315. The van der Waals surface area contributed by atoms with E-state index in [2.05, 4.69) is 5.32 Å². The minimum Gasteiger partial charge on any atom is -0.493 e. The lowest BCUT2D eigenvalue weighted by atomic mass is 9.95. The van der Waals surface area contributed by atoms with Gasteiger partial charge in [0.1, 0.15) is 5.75 Å². The molecule has 3 rings (SSSR count). The molecule has 1 aliphatic rings. The van der Waals surface area contributed by atoms with E-state index in [0.29, 0.717) is 48.0 Å². The third-order valence-electron chi connectivity index (χ3n) is 5.03. The van der Waals surface area contributed by atoms with Gasteiger partial charge in [-0.15, -0.1) is 0 Å². The maximum absolute atomic E-state index is 12.9. The first-order chi connectivity index (χ1) is 14.4. The minimum absolute atomic E-state index is 0.134. The van der Waals surface area contributed by atoms with Crippen LogP contribution in [0.2, 0.25) is 5.02 Å². The molecule has 1 saturated heterocycles. The summed E-state index contributed by atoms with van der Waals surface area (Å²) >= 11 is 5.83. The number of nitrogens with one attached hydrogen (secondary N) is 1. The Balaban J connectivity index is 1.55. The number of nitrogens with zero attached hydrogens (tertiary/aromatic N) is 1. The van der Waals surface area contributed by atoms with E-state index < -0.39 is 0 Å². The average molecular weight is 430 g/mol. The average Bonchev–Trinajstić information content (AvgIpc) is 2.75. The number of carbonyl (C=O) groups excluding carboxylic acids is 3. The summed E-state index contributed by atoms with van der Waals surface area (Å²) in [5, 5.41) is 3.40. The van der Waals surface area contributed by atoms with Gasteiger partial charge in [-0.05, 0) is 49.2 Å². The van der Waals surface area contributed by atoms with Crippen molar-refractivity contribution in [2.24, 2.45) is 11.7 Å². The van der Waals surface area contributed by atoms with Gasteiger partial charge in [0.25, 0.3) is 5.91 Å². The van der Waals surface area contributed by atoms with Gasteiger partial charge in [0.15, 0.2) is 0 Å². The SMILES string of the molecule is NC(=O)C1CCN(C(=O)c2ccccc2NC(=O)CCOc2ccc(Cl)cc2)CC1. The second kappa shape index (κ2) is 10.1. The van der Waals surface area contributed by atoms with E-state index in [1.165, 1.54) is 0 Å². The summed E-state index contributed by atoms with van der Waals surface area (Å²) in [6, 6.07) is 13.8. The van der Waals surface area contributed by atoms with Crippen molar-refractivity contribution in [2.75, 3.05) is 25.0 Å². The van der Waals surface area contributed by atoms with Gasteiger partial charge >= 0.3 is 0 Å². The third-order valence-corrected chi connectivity index (χ3v) is 5.28. The first kappa shape index (κ1) is 21.6. The van der Waals surface area contributed by atoms with Crippen molar-refractivity contribution in [3.63, 3.8) is 0 Å². The van der Waals surface area contributed by atoms with Gasteiger partial charge in [0.2, 0.25) is 11.8 Å². The van der Waals surface area contributed by atoms with Crippen LogP contribution < -0.4 is 15.8 Å². The topological polar surface area (TPSA) is 102 Å². The second-order valence-corrected chi connectivity index (χ2v) is 7.55. The van der Waals surface area contributed by atoms with Crippen molar-refractivity contribution in [1.29, 1.82) is 0 Å². The maximum Gasteiger partial charge on any atom is 0.255 e. The van der Waals surface area contributed by atoms with Gasteiger partial charge in [-0.1, -0.05) is 23.7 Å². The van der Waals surface area contributed by atoms with Gasteiger partial charge in [-0.2, -0.15) is 0 Å². The molecule has 0 saturated carbocycles. The highest BCUT2D eigenvalue weighted by Gasteiger charge is 2.27. The number of benzene rings is 2. The van der Waals surface area contributed by atoms with Crippen molar-refractivity contribution < 1.29 is 19.1 Å². The quantitative estimate of drug-likeness (QED) is 0.706. The Labute approximate surface area is 180 Å². The normalized spacial score (nSPS) is 14.2. The Morgan fingerprint density at radius 2 is 1.73 bits per heavy atom. The Kier molecular flexibility index (Phi) is 7.30. The number of hydrogen-bond donors (Lipinski definition) is 2. The number of piperidine rings is 1. The van der Waals surface area contributed by atoms with Gasteiger partial charge in [-0.25, -0.2) is 0 Å². The van der Waals surface area contributed by atoms with Crippen LogP contribution in [-0.4, -0.2) is 42.3 Å². The van der Waals surface area contributed by atoms with Crippen LogP contribution in [0.5, 0.6) is 5.75 Å². The van der Waals surface area contributed by atoms with Crippen molar-refractivity contribution in [1.82, 2.24) is 4.90 Å². The highest BCUT2D eigenvalue weighted by atomic mass is 35.5. The summed E-state index contributed by atoms with van der Waals surface area (Å²) in [6.45, 7) is 1.12. The number of rotatable bonds is 7. The molecule has 0 atom stereocenters. The molecular formula is C22H24ClN3O4. The highest BCUT2D eigenvalue weighted by Crippen LogP contribution is 2.22. The molecule has 30 heavy (non-hydrogen) atoms. The number of likely N-dealkylation sites (tertiary alicyclic amines) is 1. The number of nitrogens with two attached hydrogens (primary N) is 1. The molecule has 2 aromatic carbocycles. The number of para-hydroxylation sites is 1. The Morgan fingerprint density at radius 1 is 1.07 bits per heavy atom. The number of halogens is 1. The number of carbonyl (C=O) groups is 3. The van der Waals surface area contributed by atoms with Crippen LogP contribution in [0.3, 0.4) is 0 Å². The van der Waals surface area contributed by atoms with Crippen molar-refractivity contribution in [3.05, 3.63) is 59.1 Å². The molecule has 1 aliphatic heterocycles. The monoisotopic (exact) mass is 429 g/mol. The molecule has 0 radical (unpaired) electrons. The summed E-state index contributed by atoms with van der Waals surface area (Å²) in [4.78, 5) is 38.3. The van der Waals surface area contributed by atoms with Crippen molar-refractivity contribution >= 4 is 35.0 Å². The van der Waals surface area contributed by atoms with Crippen LogP contribution in [0.4, 0.5) is 5.69 Å². The zero-order valence-electron chi connectivity index (χ0n) is 16.5. The molecule has 1 fully saturated rings. The highest BCUT2D eigenvalue weighted by molar-refractivity contribution is 6.30. The van der Waals surface area contributed by atoms with Crippen molar-refractivity contribution in [2.45, 2.75) is 19.3 Å². The van der Waals surface area contributed by atoms with Crippen LogP contribution in [0.25, 0.3) is 0 Å². The fraction of sp³-hybridized carbons (Fsp3) is 0.318. The van der Waals surface area contributed by atoms with E-state index in [9.17, 15) is 14.4 Å². The molecule has 3 amide bonds. The van der Waals surface area contributed by atoms with Gasteiger partial charge < -0.3 is 20.7 Å². The van der Waals surface area contributed by atoms with Crippen LogP contribution in [0, 0.1) is 5.92 Å². The zero-order chi connectivity index (χ0) is 21.5. The zero-order valence-corrected chi connectivity index (χ0v) is 17.2. The van der Waals surface area contributed by atoms with Crippen LogP contribution in [0.15, 0.2) is 48.5 Å². The predicted octanol–water partition coefficient (Wildman–Crippen LogP) is 3.09. The molecule has 7 nitrogen and oxygen atoms in total. The molecule has 2 aromatic rings. The number of hydrogen-bond acceptors (Lipinski definition) is 4. The molecule has 158 valence electrons. The van der Waals surface area contributed by atoms with E-state index in [-0.39, 0.29) is 36.7 Å². The van der Waals surface area contributed by atoms with E-state index >= 15 is 0 Å². The second-order valence-electron chi connectivity index (χ2n) is 7.11. The lowest BCUT2D eigenvalue weighted by molar-refractivity contribution is -0.123. The van der Waals surface area contributed by atoms with E-state index in [4.69, 9.17) is 22.1 Å². The van der Waals surface area contributed by atoms with E-state index in [1.54, 1.807) is 53.4 Å². The number of amides is 3. The van der Waals surface area contributed by atoms with Crippen molar-refractivity contribution in [3.8, 4) is 5.75 Å². The molecule has 8 heteroatoms. The Hall–Kier alpha value is -3.06. The molecule has 0 unspecified atom stereocenters. The molecule has 0 bridgehead atoms. The van der Waals surface area contributed by atoms with Crippen LogP contribution in [0.1, 0.15) is 29.6 Å². The first-order valence-electron chi connectivity index (χ1n) is 9.80. The summed E-state index contributed by atoms with van der Waals surface area (Å²) in [5.41, 5.74) is 6.23. The minimum atomic E-state index is -0.324. The molecular weight excluding hydrogens is 406 g/mol. The fourth-order valence-corrected chi connectivity index (χ4v) is 3.45. The van der Waals surface area contributed by atoms with Gasteiger partial charge in [0, 0.05) is 24.0 Å². The van der Waals surface area contributed by atoms with E-state index in [0.717, 1.165) is 0 Å². The lowest BCUT2D eigenvalue weighted by Gasteiger charge is -2.31. The summed E-state index contributed by atoms with van der Waals surface area (Å²) in [7, 11) is 0. The molecule has 3 N–H and O–H groups in total.